The number of rotatable bonds is 5. The van der Waals surface area contributed by atoms with Crippen molar-refractivity contribution in [2.75, 3.05) is 13.2 Å². The van der Waals surface area contributed by atoms with Crippen LogP contribution in [0.3, 0.4) is 0 Å². The molecular weight excluding hydrogens is 140 g/mol. The van der Waals surface area contributed by atoms with Crippen molar-refractivity contribution < 1.29 is 9.47 Å². The van der Waals surface area contributed by atoms with Crippen molar-refractivity contribution in [3.05, 3.63) is 0 Å². The highest BCUT2D eigenvalue weighted by atomic mass is 16.6. The lowest BCUT2D eigenvalue weighted by molar-refractivity contribution is 0.114. The van der Waals surface area contributed by atoms with E-state index in [0.717, 1.165) is 19.6 Å². The van der Waals surface area contributed by atoms with Crippen LogP contribution in [0.5, 0.6) is 0 Å². The maximum absolute atomic E-state index is 5.41. The molecule has 0 N–H and O–H groups in total. The van der Waals surface area contributed by atoms with E-state index in [-0.39, 0.29) is 5.60 Å². The van der Waals surface area contributed by atoms with Crippen LogP contribution in [0.4, 0.5) is 0 Å². The summed E-state index contributed by atoms with van der Waals surface area (Å²) in [7, 11) is 0. The fraction of sp³-hybridized carbons (Fsp3) is 1.00. The standard InChI is InChI=1S/C9H18O2/c1-4-5-6-10-7-8-9(2,3)11-8/h8H,4-7H2,1-3H3. The summed E-state index contributed by atoms with van der Waals surface area (Å²) >= 11 is 0. The lowest BCUT2D eigenvalue weighted by Gasteiger charge is -2.00. The van der Waals surface area contributed by atoms with Crippen LogP contribution in [0.1, 0.15) is 33.6 Å². The summed E-state index contributed by atoms with van der Waals surface area (Å²) in [6.45, 7) is 8.02. The summed E-state index contributed by atoms with van der Waals surface area (Å²) in [6, 6.07) is 0. The van der Waals surface area contributed by atoms with Gasteiger partial charge in [0, 0.05) is 6.61 Å². The Hall–Kier alpha value is -0.0800. The Morgan fingerprint density at radius 2 is 2.09 bits per heavy atom. The van der Waals surface area contributed by atoms with Crippen molar-refractivity contribution in [1.29, 1.82) is 0 Å². The van der Waals surface area contributed by atoms with Crippen molar-refractivity contribution in [2.24, 2.45) is 0 Å². The smallest absolute Gasteiger partial charge is 0.110 e. The van der Waals surface area contributed by atoms with E-state index in [4.69, 9.17) is 9.47 Å². The Kier molecular flexibility index (Phi) is 2.90. The van der Waals surface area contributed by atoms with E-state index in [1.54, 1.807) is 0 Å². The first-order valence-electron chi connectivity index (χ1n) is 4.42. The van der Waals surface area contributed by atoms with Crippen molar-refractivity contribution >= 4 is 0 Å². The summed E-state index contributed by atoms with van der Waals surface area (Å²) in [5.41, 5.74) is 0.0895. The highest BCUT2D eigenvalue weighted by molar-refractivity contribution is 4.94. The summed E-state index contributed by atoms with van der Waals surface area (Å²) in [6.07, 6.45) is 2.71. The van der Waals surface area contributed by atoms with Crippen LogP contribution in [0, 0.1) is 0 Å². The molecule has 1 atom stereocenters. The van der Waals surface area contributed by atoms with Gasteiger partial charge in [-0.1, -0.05) is 13.3 Å². The Bertz CT molecular complexity index is 121. The molecule has 1 unspecified atom stereocenters. The minimum absolute atomic E-state index is 0.0895. The minimum Gasteiger partial charge on any atom is -0.379 e. The number of ether oxygens (including phenoxy) is 2. The third-order valence-corrected chi connectivity index (χ3v) is 2.08. The molecule has 0 aromatic carbocycles. The zero-order chi connectivity index (χ0) is 8.32. The highest BCUT2D eigenvalue weighted by Crippen LogP contribution is 2.35. The third-order valence-electron chi connectivity index (χ3n) is 2.08. The van der Waals surface area contributed by atoms with Gasteiger partial charge in [0.1, 0.15) is 6.10 Å². The maximum Gasteiger partial charge on any atom is 0.110 e. The van der Waals surface area contributed by atoms with E-state index in [1.165, 1.54) is 6.42 Å². The first kappa shape index (κ1) is 9.01. The molecular formula is C9H18O2. The van der Waals surface area contributed by atoms with Gasteiger partial charge in [-0.15, -0.1) is 0 Å². The van der Waals surface area contributed by atoms with Gasteiger partial charge < -0.3 is 9.47 Å². The first-order chi connectivity index (χ1) is 5.17. The topological polar surface area (TPSA) is 21.8 Å². The Labute approximate surface area is 68.9 Å². The predicted molar refractivity (Wildman–Crippen MR) is 44.7 cm³/mol. The second-order valence-corrected chi connectivity index (χ2v) is 3.64. The maximum atomic E-state index is 5.41. The SMILES string of the molecule is CCCCOCC1OC1(C)C. The highest BCUT2D eigenvalue weighted by Gasteiger charge is 2.47. The van der Waals surface area contributed by atoms with E-state index >= 15 is 0 Å². The monoisotopic (exact) mass is 158 g/mol. The molecule has 1 heterocycles. The van der Waals surface area contributed by atoms with E-state index in [9.17, 15) is 0 Å². The van der Waals surface area contributed by atoms with Crippen molar-refractivity contribution in [3.63, 3.8) is 0 Å². The molecule has 0 aliphatic carbocycles. The number of hydrogen-bond acceptors (Lipinski definition) is 2. The van der Waals surface area contributed by atoms with Gasteiger partial charge in [-0.25, -0.2) is 0 Å². The van der Waals surface area contributed by atoms with Crippen LogP contribution in [0.25, 0.3) is 0 Å². The lowest BCUT2D eigenvalue weighted by Crippen LogP contribution is -2.10. The molecule has 1 fully saturated rings. The van der Waals surface area contributed by atoms with Crippen LogP contribution in [0.2, 0.25) is 0 Å². The van der Waals surface area contributed by atoms with Gasteiger partial charge in [-0.2, -0.15) is 0 Å². The summed E-state index contributed by atoms with van der Waals surface area (Å²) in [4.78, 5) is 0. The second kappa shape index (κ2) is 3.55. The second-order valence-electron chi connectivity index (χ2n) is 3.64. The predicted octanol–water partition coefficient (Wildman–Crippen LogP) is 1.98. The van der Waals surface area contributed by atoms with Gasteiger partial charge in [0.15, 0.2) is 0 Å². The summed E-state index contributed by atoms with van der Waals surface area (Å²) in [5, 5.41) is 0. The molecule has 11 heavy (non-hydrogen) atoms. The van der Waals surface area contributed by atoms with Crippen LogP contribution in [0.15, 0.2) is 0 Å². The third kappa shape index (κ3) is 2.80. The fourth-order valence-electron chi connectivity index (χ4n) is 1.00. The zero-order valence-electron chi connectivity index (χ0n) is 7.72. The zero-order valence-corrected chi connectivity index (χ0v) is 7.72. The van der Waals surface area contributed by atoms with Gasteiger partial charge in [0.25, 0.3) is 0 Å². The molecule has 1 saturated heterocycles. The number of hydrogen-bond donors (Lipinski definition) is 0. The molecule has 0 bridgehead atoms. The normalized spacial score (nSPS) is 27.0. The van der Waals surface area contributed by atoms with Gasteiger partial charge in [-0.3, -0.25) is 0 Å². The van der Waals surface area contributed by atoms with E-state index in [1.807, 2.05) is 0 Å². The lowest BCUT2D eigenvalue weighted by atomic mass is 10.1. The number of unbranched alkanes of at least 4 members (excludes halogenated alkanes) is 1. The van der Waals surface area contributed by atoms with Crippen LogP contribution in [-0.4, -0.2) is 24.9 Å². The average molecular weight is 158 g/mol. The fourth-order valence-corrected chi connectivity index (χ4v) is 1.00. The van der Waals surface area contributed by atoms with Crippen molar-refractivity contribution in [3.8, 4) is 0 Å². The Balaban J connectivity index is 1.90. The molecule has 1 aliphatic rings. The van der Waals surface area contributed by atoms with Gasteiger partial charge in [0.05, 0.1) is 12.2 Å². The van der Waals surface area contributed by atoms with Crippen LogP contribution in [-0.2, 0) is 9.47 Å². The Morgan fingerprint density at radius 1 is 1.45 bits per heavy atom. The van der Waals surface area contributed by atoms with Gasteiger partial charge >= 0.3 is 0 Å². The van der Waals surface area contributed by atoms with E-state index in [2.05, 4.69) is 20.8 Å². The summed E-state index contributed by atoms with van der Waals surface area (Å²) in [5.74, 6) is 0. The van der Waals surface area contributed by atoms with E-state index < -0.39 is 0 Å². The number of epoxide rings is 1. The Morgan fingerprint density at radius 3 is 2.55 bits per heavy atom. The molecule has 0 aromatic rings. The molecule has 0 saturated carbocycles. The first-order valence-corrected chi connectivity index (χ1v) is 4.42. The van der Waals surface area contributed by atoms with Crippen LogP contribution >= 0.6 is 0 Å². The molecule has 0 aromatic heterocycles. The molecule has 66 valence electrons. The molecule has 2 nitrogen and oxygen atoms in total. The molecule has 1 aliphatic heterocycles. The van der Waals surface area contributed by atoms with E-state index in [0.29, 0.717) is 6.10 Å². The van der Waals surface area contributed by atoms with Gasteiger partial charge in [-0.05, 0) is 20.3 Å². The van der Waals surface area contributed by atoms with Crippen molar-refractivity contribution in [1.82, 2.24) is 0 Å². The average Bonchev–Trinajstić information content (AvgIpc) is 2.52. The molecule has 0 radical (unpaired) electrons. The van der Waals surface area contributed by atoms with Crippen LogP contribution < -0.4 is 0 Å². The molecule has 1 rings (SSSR count). The van der Waals surface area contributed by atoms with Gasteiger partial charge in [0.2, 0.25) is 0 Å². The molecule has 0 spiro atoms. The minimum atomic E-state index is 0.0895. The quantitative estimate of drug-likeness (QED) is 0.451. The molecule has 2 heteroatoms. The molecule has 0 amide bonds. The largest absolute Gasteiger partial charge is 0.379 e. The van der Waals surface area contributed by atoms with Crippen molar-refractivity contribution in [2.45, 2.75) is 45.3 Å². The summed E-state index contributed by atoms with van der Waals surface area (Å²) < 4.78 is 10.8.